The number of alkyl halides is 3. The van der Waals surface area contributed by atoms with Gasteiger partial charge in [0.05, 0.1) is 11.8 Å². The van der Waals surface area contributed by atoms with Crippen LogP contribution in [0.25, 0.3) is 0 Å². The van der Waals surface area contributed by atoms with Gasteiger partial charge in [-0.15, -0.1) is 5.10 Å². The number of nitrogens with two attached hydrogens (primary N) is 1. The van der Waals surface area contributed by atoms with E-state index in [4.69, 9.17) is 5.73 Å². The molecule has 0 radical (unpaired) electrons. The van der Waals surface area contributed by atoms with Crippen LogP contribution >= 0.6 is 34.4 Å². The Balaban J connectivity index is 2.00. The predicted molar refractivity (Wildman–Crippen MR) is 101 cm³/mol. The van der Waals surface area contributed by atoms with Crippen molar-refractivity contribution in [3.05, 3.63) is 68.8 Å². The molecule has 0 aliphatic heterocycles. The Morgan fingerprint density at radius 1 is 1.17 bits per heavy atom. The topological polar surface area (TPSA) is 50.7 Å². The highest BCUT2D eigenvalue weighted by molar-refractivity contribution is 14.1. The lowest BCUT2D eigenvalue weighted by atomic mass is 10.1. The first-order chi connectivity index (χ1) is 11.4. The predicted octanol–water partition coefficient (Wildman–Crippen LogP) is 4.89. The second-order valence-corrected chi connectivity index (χ2v) is 6.85. The van der Waals surface area contributed by atoms with Gasteiger partial charge in [0.2, 0.25) is 0 Å². The van der Waals surface area contributed by atoms with Gasteiger partial charge in [-0.2, -0.15) is 18.3 Å². The van der Waals surface area contributed by atoms with Gasteiger partial charge in [-0.05, 0) is 45.9 Å². The number of amidine groups is 1. The Kier molecular flexibility index (Phi) is 6.67. The molecule has 0 heterocycles. The quantitative estimate of drug-likeness (QED) is 0.304. The normalized spacial score (nSPS) is 12.8. The lowest BCUT2D eigenvalue weighted by molar-refractivity contribution is -0.138. The average Bonchev–Trinajstić information content (AvgIpc) is 2.54. The molecule has 2 aromatic carbocycles. The Morgan fingerprint density at radius 2 is 1.88 bits per heavy atom. The molecule has 8 heteroatoms. The van der Waals surface area contributed by atoms with E-state index >= 15 is 0 Å². The highest BCUT2D eigenvalue weighted by Crippen LogP contribution is 2.33. The Hall–Kier alpha value is -1.55. The van der Waals surface area contributed by atoms with Crippen LogP contribution in [0.4, 0.5) is 13.2 Å². The molecule has 0 amide bonds. The van der Waals surface area contributed by atoms with E-state index in [2.05, 4.69) is 10.2 Å². The van der Waals surface area contributed by atoms with Crippen LogP contribution < -0.4 is 5.73 Å². The van der Waals surface area contributed by atoms with Crippen molar-refractivity contribution < 1.29 is 13.2 Å². The van der Waals surface area contributed by atoms with Crippen LogP contribution in [0.3, 0.4) is 0 Å². The zero-order valence-corrected chi connectivity index (χ0v) is 15.3. The minimum Gasteiger partial charge on any atom is -0.377 e. The van der Waals surface area contributed by atoms with Crippen molar-refractivity contribution in [2.24, 2.45) is 15.9 Å². The minimum atomic E-state index is -4.39. The summed E-state index contributed by atoms with van der Waals surface area (Å²) in [6.07, 6.45) is -3.14. The molecule has 0 aliphatic carbocycles. The van der Waals surface area contributed by atoms with Crippen LogP contribution in [-0.4, -0.2) is 11.4 Å². The molecule has 126 valence electrons. The van der Waals surface area contributed by atoms with E-state index < -0.39 is 11.7 Å². The first-order valence-electron chi connectivity index (χ1n) is 6.76. The first-order valence-corrected chi connectivity index (χ1v) is 8.82. The molecule has 0 saturated carbocycles. The standard InChI is InChI=1S/C16H13F3IN3S/c17-16(18,19)13-8-12(6-7-14(13)20)9-22-23-15(21)24-10-11-4-2-1-3-5-11/h1-9H,10H2,(H2,21,23). The summed E-state index contributed by atoms with van der Waals surface area (Å²) in [6, 6.07) is 13.7. The van der Waals surface area contributed by atoms with Crippen LogP contribution in [0.5, 0.6) is 0 Å². The lowest BCUT2D eigenvalue weighted by Gasteiger charge is -2.09. The van der Waals surface area contributed by atoms with Gasteiger partial charge in [0.1, 0.15) is 0 Å². The van der Waals surface area contributed by atoms with Crippen LogP contribution in [-0.2, 0) is 11.9 Å². The van der Waals surface area contributed by atoms with Crippen molar-refractivity contribution in [2.75, 3.05) is 0 Å². The van der Waals surface area contributed by atoms with E-state index in [1.165, 1.54) is 24.0 Å². The fourth-order valence-electron chi connectivity index (χ4n) is 1.75. The molecule has 3 nitrogen and oxygen atoms in total. The first kappa shape index (κ1) is 18.8. The molecule has 2 rings (SSSR count). The number of hydrogen-bond donors (Lipinski definition) is 1. The van der Waals surface area contributed by atoms with E-state index in [-0.39, 0.29) is 8.74 Å². The number of hydrogen-bond acceptors (Lipinski definition) is 3. The van der Waals surface area contributed by atoms with Crippen LogP contribution in [0.2, 0.25) is 0 Å². The SMILES string of the molecule is NC(=NN=Cc1ccc(I)c(C(F)(F)F)c1)SCc1ccccc1. The summed E-state index contributed by atoms with van der Waals surface area (Å²) < 4.78 is 38.7. The zero-order chi connectivity index (χ0) is 17.6. The summed E-state index contributed by atoms with van der Waals surface area (Å²) in [5, 5.41) is 7.79. The molecule has 2 N–H and O–H groups in total. The van der Waals surface area contributed by atoms with E-state index in [1.54, 1.807) is 28.7 Å². The summed E-state index contributed by atoms with van der Waals surface area (Å²) >= 11 is 2.96. The van der Waals surface area contributed by atoms with Crippen molar-refractivity contribution in [3.63, 3.8) is 0 Å². The van der Waals surface area contributed by atoms with Gasteiger partial charge in [-0.1, -0.05) is 48.2 Å². The molecule has 0 fully saturated rings. The minimum absolute atomic E-state index is 0.138. The van der Waals surface area contributed by atoms with Gasteiger partial charge in [-0.3, -0.25) is 0 Å². The fraction of sp³-hybridized carbons (Fsp3) is 0.125. The summed E-state index contributed by atoms with van der Waals surface area (Å²) in [5.41, 5.74) is 6.44. The van der Waals surface area contributed by atoms with Crippen molar-refractivity contribution >= 4 is 45.7 Å². The average molecular weight is 463 g/mol. The molecule has 0 aromatic heterocycles. The number of halogens is 4. The molecule has 24 heavy (non-hydrogen) atoms. The number of rotatable bonds is 4. The van der Waals surface area contributed by atoms with Gasteiger partial charge in [0, 0.05) is 9.32 Å². The Labute approximate surface area is 155 Å². The summed E-state index contributed by atoms with van der Waals surface area (Å²) in [5.74, 6) is 0.646. The lowest BCUT2D eigenvalue weighted by Crippen LogP contribution is -2.08. The van der Waals surface area contributed by atoms with Crippen molar-refractivity contribution in [1.82, 2.24) is 0 Å². The van der Waals surface area contributed by atoms with E-state index in [0.717, 1.165) is 11.6 Å². The highest BCUT2D eigenvalue weighted by atomic mass is 127. The summed E-state index contributed by atoms with van der Waals surface area (Å²) in [6.45, 7) is 0. The Bertz CT molecular complexity index is 746. The Morgan fingerprint density at radius 3 is 2.54 bits per heavy atom. The second kappa shape index (κ2) is 8.52. The summed E-state index contributed by atoms with van der Waals surface area (Å²) in [4.78, 5) is 0. The number of thioether (sulfide) groups is 1. The van der Waals surface area contributed by atoms with Gasteiger partial charge in [0.25, 0.3) is 0 Å². The maximum Gasteiger partial charge on any atom is 0.417 e. The summed E-state index contributed by atoms with van der Waals surface area (Å²) in [7, 11) is 0. The zero-order valence-electron chi connectivity index (χ0n) is 12.3. The fourth-order valence-corrected chi connectivity index (χ4v) is 3.01. The highest BCUT2D eigenvalue weighted by Gasteiger charge is 2.32. The molecule has 2 aromatic rings. The van der Waals surface area contributed by atoms with Gasteiger partial charge >= 0.3 is 6.18 Å². The third-order valence-electron chi connectivity index (χ3n) is 2.89. The van der Waals surface area contributed by atoms with E-state index in [9.17, 15) is 13.2 Å². The van der Waals surface area contributed by atoms with Crippen LogP contribution in [0, 0.1) is 3.57 Å². The van der Waals surface area contributed by atoms with Crippen molar-refractivity contribution in [1.29, 1.82) is 0 Å². The molecular weight excluding hydrogens is 450 g/mol. The molecule has 0 bridgehead atoms. The molecule has 0 atom stereocenters. The monoisotopic (exact) mass is 463 g/mol. The molecule has 0 aliphatic rings. The molecule has 0 saturated heterocycles. The molecule has 0 spiro atoms. The van der Waals surface area contributed by atoms with Crippen molar-refractivity contribution in [3.8, 4) is 0 Å². The smallest absolute Gasteiger partial charge is 0.377 e. The van der Waals surface area contributed by atoms with E-state index in [1.807, 2.05) is 30.3 Å². The molecular formula is C16H13F3IN3S. The van der Waals surface area contributed by atoms with Gasteiger partial charge < -0.3 is 5.73 Å². The molecule has 0 unspecified atom stereocenters. The van der Waals surface area contributed by atoms with Crippen LogP contribution in [0.1, 0.15) is 16.7 Å². The number of nitrogens with zero attached hydrogens (tertiary/aromatic N) is 2. The number of benzene rings is 2. The van der Waals surface area contributed by atoms with Crippen LogP contribution in [0.15, 0.2) is 58.7 Å². The van der Waals surface area contributed by atoms with Gasteiger partial charge in [-0.25, -0.2) is 0 Å². The largest absolute Gasteiger partial charge is 0.417 e. The van der Waals surface area contributed by atoms with Crippen molar-refractivity contribution in [2.45, 2.75) is 11.9 Å². The maximum absolute atomic E-state index is 12.8. The van der Waals surface area contributed by atoms with E-state index in [0.29, 0.717) is 11.3 Å². The van der Waals surface area contributed by atoms with Gasteiger partial charge in [0.15, 0.2) is 5.17 Å². The second-order valence-electron chi connectivity index (χ2n) is 4.69. The third-order valence-corrected chi connectivity index (χ3v) is 4.68. The maximum atomic E-state index is 12.8. The third kappa shape index (κ3) is 5.82.